The number of rotatable bonds is 5. The van der Waals surface area contributed by atoms with Gasteiger partial charge in [0.1, 0.15) is 5.69 Å². The molecule has 0 aliphatic rings. The second-order valence-electron chi connectivity index (χ2n) is 7.75. The topological polar surface area (TPSA) is 86.5 Å². The van der Waals surface area contributed by atoms with Crippen molar-refractivity contribution < 1.29 is 18.0 Å². The van der Waals surface area contributed by atoms with Crippen LogP contribution in [0.25, 0.3) is 33.5 Å². The van der Waals surface area contributed by atoms with Gasteiger partial charge in [0, 0.05) is 34.8 Å². The first-order valence-electron chi connectivity index (χ1n) is 10.4. The SMILES string of the molecule is O=C(NCc1ccc(C(F)(F)F)nc1)c1ccc2cc(-c3cc(-c4ccccc4)n[nH]3)[nH]c2c1. The molecular formula is C25H18F3N5O. The lowest BCUT2D eigenvalue weighted by molar-refractivity contribution is -0.141. The molecule has 34 heavy (non-hydrogen) atoms. The van der Waals surface area contributed by atoms with E-state index in [-0.39, 0.29) is 12.5 Å². The average Bonchev–Trinajstić information content (AvgIpc) is 3.49. The Bertz CT molecular complexity index is 1450. The largest absolute Gasteiger partial charge is 0.433 e. The third kappa shape index (κ3) is 4.40. The third-order valence-electron chi connectivity index (χ3n) is 5.39. The number of halogens is 3. The molecule has 2 aromatic carbocycles. The zero-order chi connectivity index (χ0) is 23.7. The lowest BCUT2D eigenvalue weighted by Crippen LogP contribution is -2.23. The number of aromatic amines is 2. The number of aromatic nitrogens is 4. The number of nitrogens with zero attached hydrogens (tertiary/aromatic N) is 2. The molecule has 0 fully saturated rings. The molecule has 0 aliphatic heterocycles. The summed E-state index contributed by atoms with van der Waals surface area (Å²) in [7, 11) is 0. The summed E-state index contributed by atoms with van der Waals surface area (Å²) >= 11 is 0. The number of benzene rings is 2. The molecule has 0 unspecified atom stereocenters. The van der Waals surface area contributed by atoms with Crippen molar-refractivity contribution in [3.8, 4) is 22.6 Å². The number of hydrogen-bond donors (Lipinski definition) is 3. The van der Waals surface area contributed by atoms with Crippen molar-refractivity contribution in [2.45, 2.75) is 12.7 Å². The summed E-state index contributed by atoms with van der Waals surface area (Å²) in [5.41, 5.74) is 4.18. The van der Waals surface area contributed by atoms with Gasteiger partial charge in [0.15, 0.2) is 0 Å². The molecule has 6 nitrogen and oxygen atoms in total. The van der Waals surface area contributed by atoms with E-state index in [1.165, 1.54) is 6.07 Å². The predicted octanol–water partition coefficient (Wildman–Crippen LogP) is 5.57. The van der Waals surface area contributed by atoms with Crippen LogP contribution in [0.4, 0.5) is 13.2 Å². The summed E-state index contributed by atoms with van der Waals surface area (Å²) in [6, 6.07) is 21.2. The Hall–Kier alpha value is -4.40. The zero-order valence-electron chi connectivity index (χ0n) is 17.6. The van der Waals surface area contributed by atoms with E-state index in [0.29, 0.717) is 11.1 Å². The summed E-state index contributed by atoms with van der Waals surface area (Å²) in [4.78, 5) is 19.3. The fourth-order valence-corrected chi connectivity index (χ4v) is 3.61. The van der Waals surface area contributed by atoms with Gasteiger partial charge in [0.2, 0.25) is 0 Å². The van der Waals surface area contributed by atoms with Crippen molar-refractivity contribution in [1.29, 1.82) is 0 Å². The summed E-state index contributed by atoms with van der Waals surface area (Å²) in [6.07, 6.45) is -3.39. The highest BCUT2D eigenvalue weighted by atomic mass is 19.4. The van der Waals surface area contributed by atoms with Gasteiger partial charge in [-0.05, 0) is 35.9 Å². The molecule has 1 amide bonds. The van der Waals surface area contributed by atoms with Crippen molar-refractivity contribution >= 4 is 16.8 Å². The normalized spacial score (nSPS) is 11.6. The van der Waals surface area contributed by atoms with Crippen LogP contribution < -0.4 is 5.32 Å². The molecule has 3 aromatic heterocycles. The van der Waals surface area contributed by atoms with E-state index in [1.807, 2.05) is 48.5 Å². The second-order valence-corrected chi connectivity index (χ2v) is 7.75. The summed E-state index contributed by atoms with van der Waals surface area (Å²) < 4.78 is 37.9. The van der Waals surface area contributed by atoms with Gasteiger partial charge in [-0.1, -0.05) is 42.5 Å². The molecule has 0 saturated carbocycles. The molecule has 0 atom stereocenters. The fourth-order valence-electron chi connectivity index (χ4n) is 3.61. The van der Waals surface area contributed by atoms with E-state index in [4.69, 9.17) is 0 Å². The number of hydrogen-bond acceptors (Lipinski definition) is 3. The highest BCUT2D eigenvalue weighted by molar-refractivity contribution is 5.98. The Labute approximate surface area is 191 Å². The van der Waals surface area contributed by atoms with E-state index in [0.717, 1.165) is 45.8 Å². The van der Waals surface area contributed by atoms with Crippen LogP contribution in [-0.2, 0) is 12.7 Å². The number of H-pyrrole nitrogens is 2. The summed E-state index contributed by atoms with van der Waals surface area (Å²) in [5.74, 6) is -0.342. The van der Waals surface area contributed by atoms with Crippen LogP contribution in [-0.4, -0.2) is 26.1 Å². The van der Waals surface area contributed by atoms with Crippen LogP contribution >= 0.6 is 0 Å². The van der Waals surface area contributed by atoms with E-state index in [9.17, 15) is 18.0 Å². The molecule has 9 heteroatoms. The average molecular weight is 461 g/mol. The number of carbonyl (C=O) groups is 1. The van der Waals surface area contributed by atoms with Crippen LogP contribution in [0, 0.1) is 0 Å². The lowest BCUT2D eigenvalue weighted by atomic mass is 10.1. The van der Waals surface area contributed by atoms with Gasteiger partial charge in [-0.3, -0.25) is 14.9 Å². The van der Waals surface area contributed by atoms with Crippen molar-refractivity contribution in [3.63, 3.8) is 0 Å². The maximum Gasteiger partial charge on any atom is 0.433 e. The predicted molar refractivity (Wildman–Crippen MR) is 122 cm³/mol. The van der Waals surface area contributed by atoms with Crippen LogP contribution in [0.15, 0.2) is 79.0 Å². The molecule has 0 radical (unpaired) electrons. The number of nitrogens with one attached hydrogen (secondary N) is 3. The molecule has 170 valence electrons. The van der Waals surface area contributed by atoms with Crippen LogP contribution in [0.2, 0.25) is 0 Å². The van der Waals surface area contributed by atoms with E-state index < -0.39 is 11.9 Å². The van der Waals surface area contributed by atoms with Crippen LogP contribution in [0.5, 0.6) is 0 Å². The monoisotopic (exact) mass is 461 g/mol. The Morgan fingerprint density at radius 3 is 2.50 bits per heavy atom. The van der Waals surface area contributed by atoms with Crippen molar-refractivity contribution in [2.24, 2.45) is 0 Å². The smallest absolute Gasteiger partial charge is 0.353 e. The molecule has 3 N–H and O–H groups in total. The van der Waals surface area contributed by atoms with Crippen LogP contribution in [0.3, 0.4) is 0 Å². The number of fused-ring (bicyclic) bond motifs is 1. The van der Waals surface area contributed by atoms with Crippen molar-refractivity contribution in [2.75, 3.05) is 0 Å². The molecule has 3 heterocycles. The molecule has 5 aromatic rings. The van der Waals surface area contributed by atoms with E-state index in [1.54, 1.807) is 12.1 Å². The quantitative estimate of drug-likeness (QED) is 0.320. The molecule has 5 rings (SSSR count). The summed E-state index contributed by atoms with van der Waals surface area (Å²) in [5, 5.41) is 11.0. The summed E-state index contributed by atoms with van der Waals surface area (Å²) in [6.45, 7) is 0.0639. The number of pyridine rings is 1. The minimum absolute atomic E-state index is 0.0639. The minimum Gasteiger partial charge on any atom is -0.353 e. The van der Waals surface area contributed by atoms with E-state index >= 15 is 0 Å². The molecule has 0 saturated heterocycles. The number of alkyl halides is 3. The Morgan fingerprint density at radius 2 is 1.76 bits per heavy atom. The first-order valence-corrected chi connectivity index (χ1v) is 10.4. The van der Waals surface area contributed by atoms with Crippen molar-refractivity contribution in [1.82, 2.24) is 25.5 Å². The van der Waals surface area contributed by atoms with Gasteiger partial charge in [-0.25, -0.2) is 0 Å². The van der Waals surface area contributed by atoms with Gasteiger partial charge < -0.3 is 10.3 Å². The van der Waals surface area contributed by atoms with Gasteiger partial charge >= 0.3 is 6.18 Å². The Kier molecular flexibility index (Phi) is 5.37. The number of amides is 1. The zero-order valence-corrected chi connectivity index (χ0v) is 17.6. The fraction of sp³-hybridized carbons (Fsp3) is 0.0800. The highest BCUT2D eigenvalue weighted by Gasteiger charge is 2.32. The molecular weight excluding hydrogens is 443 g/mol. The number of carbonyl (C=O) groups excluding carboxylic acids is 1. The molecule has 0 aliphatic carbocycles. The molecule has 0 bridgehead atoms. The standard InChI is InChI=1S/C25H18F3N5O/c26-25(27,28)23-9-6-15(13-29-23)14-30-24(34)18-8-7-17-10-21(31-19(17)11-18)22-12-20(32-33-22)16-4-2-1-3-5-16/h1-13,31H,14H2,(H,30,34)(H,32,33). The second kappa shape index (κ2) is 8.51. The maximum absolute atomic E-state index is 12.6. The third-order valence-corrected chi connectivity index (χ3v) is 5.39. The van der Waals surface area contributed by atoms with Crippen LogP contribution in [0.1, 0.15) is 21.6 Å². The maximum atomic E-state index is 12.6. The van der Waals surface area contributed by atoms with Gasteiger partial charge in [-0.15, -0.1) is 0 Å². The first kappa shape index (κ1) is 21.4. The Balaban J connectivity index is 1.30. The molecule has 0 spiro atoms. The first-order chi connectivity index (χ1) is 16.4. The minimum atomic E-state index is -4.49. The lowest BCUT2D eigenvalue weighted by Gasteiger charge is -2.08. The Morgan fingerprint density at radius 1 is 0.941 bits per heavy atom. The van der Waals surface area contributed by atoms with Gasteiger partial charge in [0.05, 0.1) is 17.1 Å². The van der Waals surface area contributed by atoms with Gasteiger partial charge in [0.25, 0.3) is 5.91 Å². The van der Waals surface area contributed by atoms with E-state index in [2.05, 4.69) is 25.5 Å². The highest BCUT2D eigenvalue weighted by Crippen LogP contribution is 2.28. The van der Waals surface area contributed by atoms with Gasteiger partial charge in [-0.2, -0.15) is 18.3 Å². The van der Waals surface area contributed by atoms with Crippen molar-refractivity contribution in [3.05, 3.63) is 95.8 Å².